The van der Waals surface area contributed by atoms with E-state index >= 15 is 0 Å². The zero-order chi connectivity index (χ0) is 5.98. The average molecular weight is 138 g/mol. The summed E-state index contributed by atoms with van der Waals surface area (Å²) >= 11 is 0. The van der Waals surface area contributed by atoms with Crippen LogP contribution in [0.3, 0.4) is 0 Å². The van der Waals surface area contributed by atoms with Gasteiger partial charge in [-0.05, 0) is 13.0 Å². The summed E-state index contributed by atoms with van der Waals surface area (Å²) in [6, 6.07) is 0. The van der Waals surface area contributed by atoms with Crippen molar-refractivity contribution in [3.8, 4) is 0 Å². The number of nitrogens with one attached hydrogen (secondary N) is 1. The third kappa shape index (κ3) is 2.67. The van der Waals surface area contributed by atoms with Crippen molar-refractivity contribution in [1.82, 2.24) is 5.32 Å². The smallest absolute Gasteiger partial charge is 0.307 e. The van der Waals surface area contributed by atoms with Gasteiger partial charge in [-0.3, -0.25) is 4.79 Å². The summed E-state index contributed by atoms with van der Waals surface area (Å²) in [4.78, 5) is 10.2. The molecule has 1 heterocycles. The van der Waals surface area contributed by atoms with E-state index in [1.807, 2.05) is 0 Å². The summed E-state index contributed by atoms with van der Waals surface area (Å²) in [6.45, 7) is 1.51. The summed E-state index contributed by atoms with van der Waals surface area (Å²) in [5.41, 5.74) is 0. The maximum atomic E-state index is 10.2. The Balaban J connectivity index is 0.000000640. The molecule has 0 aliphatic carbocycles. The molecule has 3 nitrogen and oxygen atoms in total. The van der Waals surface area contributed by atoms with E-state index in [1.165, 1.54) is 0 Å². The van der Waals surface area contributed by atoms with Gasteiger partial charge in [0, 0.05) is 36.1 Å². The van der Waals surface area contributed by atoms with E-state index < -0.39 is 5.97 Å². The zero-order valence-corrected chi connectivity index (χ0v) is 7.55. The second-order valence-corrected chi connectivity index (χ2v) is 2.03. The Morgan fingerprint density at radius 3 is 2.56 bits per heavy atom. The fraction of sp³-hybridized carbons (Fsp3) is 0.800. The number of hydrogen-bond acceptors (Lipinski definition) is 2. The van der Waals surface area contributed by atoms with E-state index in [1.54, 1.807) is 0 Å². The predicted octanol–water partition coefficient (Wildman–Crippen LogP) is -0.700. The molecule has 0 bridgehead atoms. The Bertz CT molecular complexity index is 101. The Hall–Kier alpha value is 0.430. The Kier molecular flexibility index (Phi) is 4.48. The van der Waals surface area contributed by atoms with Crippen LogP contribution in [0.4, 0.5) is 0 Å². The first kappa shape index (κ1) is 9.43. The third-order valence-electron chi connectivity index (χ3n) is 1.41. The van der Waals surface area contributed by atoms with Crippen molar-refractivity contribution in [2.45, 2.75) is 6.42 Å². The van der Waals surface area contributed by atoms with Gasteiger partial charge in [-0.15, -0.1) is 0 Å². The minimum atomic E-state index is -0.671. The molecule has 0 amide bonds. The van der Waals surface area contributed by atoms with Crippen molar-refractivity contribution in [3.63, 3.8) is 0 Å². The average Bonchev–Trinajstić information content (AvgIpc) is 2.12. The molecule has 1 unspecified atom stereocenters. The molecule has 0 aromatic rings. The van der Waals surface area contributed by atoms with E-state index in [0.717, 1.165) is 13.0 Å². The quantitative estimate of drug-likeness (QED) is 0.471. The molecule has 1 rings (SSSR count). The van der Waals surface area contributed by atoms with Crippen molar-refractivity contribution in [1.29, 1.82) is 0 Å². The standard InChI is InChI=1S/C5H9NO2.Na/c7-5(8)4-1-2-6-3-4;/h4,6H,1-3H2,(H,7,8);. The van der Waals surface area contributed by atoms with Crippen LogP contribution in [0, 0.1) is 5.92 Å². The van der Waals surface area contributed by atoms with Crippen LogP contribution in [-0.2, 0) is 4.79 Å². The van der Waals surface area contributed by atoms with Gasteiger partial charge in [0.2, 0.25) is 0 Å². The first-order valence-electron chi connectivity index (χ1n) is 2.74. The minimum absolute atomic E-state index is 0. The van der Waals surface area contributed by atoms with Crippen LogP contribution >= 0.6 is 0 Å². The van der Waals surface area contributed by atoms with Gasteiger partial charge in [0.05, 0.1) is 5.92 Å². The summed E-state index contributed by atoms with van der Waals surface area (Å²) < 4.78 is 0. The van der Waals surface area contributed by atoms with E-state index in [2.05, 4.69) is 5.32 Å². The molecule has 0 aromatic heterocycles. The summed E-state index contributed by atoms with van der Waals surface area (Å²) in [5.74, 6) is -0.801. The molecule has 0 aromatic carbocycles. The molecule has 4 heteroatoms. The van der Waals surface area contributed by atoms with Gasteiger partial charge >= 0.3 is 5.97 Å². The summed E-state index contributed by atoms with van der Waals surface area (Å²) in [6.07, 6.45) is 0.787. The van der Waals surface area contributed by atoms with E-state index in [9.17, 15) is 4.79 Å². The molecular formula is C5H9NNaO2. The van der Waals surface area contributed by atoms with Crippen LogP contribution in [0.25, 0.3) is 0 Å². The Morgan fingerprint density at radius 1 is 1.67 bits per heavy atom. The maximum Gasteiger partial charge on any atom is 0.307 e. The summed E-state index contributed by atoms with van der Waals surface area (Å²) in [7, 11) is 0. The molecular weight excluding hydrogens is 129 g/mol. The van der Waals surface area contributed by atoms with Crippen LogP contribution in [-0.4, -0.2) is 53.7 Å². The van der Waals surface area contributed by atoms with Crippen LogP contribution < -0.4 is 5.32 Å². The minimum Gasteiger partial charge on any atom is -0.481 e. The number of hydrogen-bond donors (Lipinski definition) is 2. The molecule has 0 saturated carbocycles. The second-order valence-electron chi connectivity index (χ2n) is 2.03. The SMILES string of the molecule is O=C(O)C1CCNC1.[Na]. The normalized spacial score (nSPS) is 25.1. The maximum absolute atomic E-state index is 10.2. The van der Waals surface area contributed by atoms with Gasteiger partial charge in [0.1, 0.15) is 0 Å². The molecule has 1 atom stereocenters. The van der Waals surface area contributed by atoms with Gasteiger partial charge in [0.15, 0.2) is 0 Å². The number of rotatable bonds is 1. The van der Waals surface area contributed by atoms with Crippen LogP contribution in [0.5, 0.6) is 0 Å². The van der Waals surface area contributed by atoms with Gasteiger partial charge < -0.3 is 10.4 Å². The van der Waals surface area contributed by atoms with Crippen molar-refractivity contribution in [2.75, 3.05) is 13.1 Å². The monoisotopic (exact) mass is 138 g/mol. The topological polar surface area (TPSA) is 49.3 Å². The van der Waals surface area contributed by atoms with Gasteiger partial charge in [-0.2, -0.15) is 0 Å². The molecule has 9 heavy (non-hydrogen) atoms. The molecule has 1 aliphatic heterocycles. The first-order chi connectivity index (χ1) is 3.80. The van der Waals surface area contributed by atoms with Crippen LogP contribution in [0.2, 0.25) is 0 Å². The molecule has 1 saturated heterocycles. The Labute approximate surface area is 76.1 Å². The molecule has 0 spiro atoms. The van der Waals surface area contributed by atoms with E-state index in [4.69, 9.17) is 5.11 Å². The van der Waals surface area contributed by atoms with Gasteiger partial charge in [-0.25, -0.2) is 0 Å². The van der Waals surface area contributed by atoms with E-state index in [0.29, 0.717) is 6.54 Å². The number of carboxylic acid groups (broad SMARTS) is 1. The number of carbonyl (C=O) groups is 1. The molecule has 1 aliphatic rings. The van der Waals surface area contributed by atoms with Gasteiger partial charge in [0.25, 0.3) is 0 Å². The third-order valence-corrected chi connectivity index (χ3v) is 1.41. The molecule has 1 radical (unpaired) electrons. The number of aliphatic carboxylic acids is 1. The van der Waals surface area contributed by atoms with Crippen molar-refractivity contribution in [3.05, 3.63) is 0 Å². The second kappa shape index (κ2) is 4.28. The number of carboxylic acids is 1. The zero-order valence-electron chi connectivity index (χ0n) is 5.55. The van der Waals surface area contributed by atoms with Gasteiger partial charge in [-0.1, -0.05) is 0 Å². The Morgan fingerprint density at radius 2 is 2.33 bits per heavy atom. The van der Waals surface area contributed by atoms with Crippen molar-refractivity contribution < 1.29 is 9.90 Å². The van der Waals surface area contributed by atoms with Crippen LogP contribution in [0.1, 0.15) is 6.42 Å². The molecule has 1 fully saturated rings. The predicted molar refractivity (Wildman–Crippen MR) is 34.4 cm³/mol. The molecule has 2 N–H and O–H groups in total. The van der Waals surface area contributed by atoms with Crippen LogP contribution in [0.15, 0.2) is 0 Å². The summed E-state index contributed by atoms with van der Waals surface area (Å²) in [5, 5.41) is 11.3. The molecule has 47 valence electrons. The fourth-order valence-corrected chi connectivity index (χ4v) is 0.865. The first-order valence-corrected chi connectivity index (χ1v) is 2.74. The van der Waals surface area contributed by atoms with Crippen molar-refractivity contribution >= 4 is 35.5 Å². The van der Waals surface area contributed by atoms with E-state index in [-0.39, 0.29) is 35.5 Å². The largest absolute Gasteiger partial charge is 0.481 e. The van der Waals surface area contributed by atoms with Crippen molar-refractivity contribution in [2.24, 2.45) is 5.92 Å². The fourth-order valence-electron chi connectivity index (χ4n) is 0.865.